The van der Waals surface area contributed by atoms with Gasteiger partial charge in [-0.3, -0.25) is 0 Å². The summed E-state index contributed by atoms with van der Waals surface area (Å²) in [4.78, 5) is 16.3. The molecule has 0 bridgehead atoms. The third-order valence-corrected chi connectivity index (χ3v) is 10.7. The Balaban J connectivity index is 1.30. The van der Waals surface area contributed by atoms with Crippen LogP contribution in [0, 0.1) is 0 Å². The van der Waals surface area contributed by atoms with E-state index in [1.807, 2.05) is 72.8 Å². The summed E-state index contributed by atoms with van der Waals surface area (Å²) in [5.41, 5.74) is 12.6. The number of aromatic nitrogens is 4. The van der Waals surface area contributed by atoms with Gasteiger partial charge in [-0.15, -0.1) is 12.6 Å². The van der Waals surface area contributed by atoms with E-state index in [0.717, 1.165) is 71.7 Å². The predicted octanol–water partition coefficient (Wildman–Crippen LogP) is 13.3. The van der Waals surface area contributed by atoms with Crippen molar-refractivity contribution in [3.63, 3.8) is 0 Å². The Labute approximate surface area is 330 Å². The first kappa shape index (κ1) is 33.5. The molecule has 0 unspecified atom stereocenters. The van der Waals surface area contributed by atoms with Crippen LogP contribution in [0.25, 0.3) is 95.0 Å². The van der Waals surface area contributed by atoms with E-state index in [1.54, 1.807) is 0 Å². The molecule has 0 aliphatic carbocycles. The van der Waals surface area contributed by atoms with E-state index in [0.29, 0.717) is 17.5 Å². The van der Waals surface area contributed by atoms with Crippen LogP contribution in [0.15, 0.2) is 205 Å². The standard InChI is InChI=1S/C51H34N4S/c56-47-28-16-14-25-40(47)38-29-30-46-44(31-38)41-26-13-15-27-45(41)55(46)48-42(34-17-5-1-6-18-34)32-39(33-43(48)35-19-7-2-8-20-35)51-53-49(36-21-9-3-10-22-36)52-50(54-51)37-23-11-4-12-24-37/h1-33,56H. The Hall–Kier alpha value is -7.08. The van der Waals surface area contributed by atoms with E-state index in [-0.39, 0.29) is 0 Å². The van der Waals surface area contributed by atoms with Crippen LogP contribution >= 0.6 is 12.6 Å². The van der Waals surface area contributed by atoms with Gasteiger partial charge in [-0.05, 0) is 58.7 Å². The third kappa shape index (κ3) is 6.05. The Kier molecular flexibility index (Phi) is 8.55. The van der Waals surface area contributed by atoms with Gasteiger partial charge in [0.05, 0.1) is 16.7 Å². The minimum absolute atomic E-state index is 0.607. The lowest BCUT2D eigenvalue weighted by atomic mass is 9.92. The Morgan fingerprint density at radius 2 is 0.768 bits per heavy atom. The first-order chi connectivity index (χ1) is 27.7. The molecule has 5 heteroatoms. The Morgan fingerprint density at radius 3 is 1.32 bits per heavy atom. The van der Waals surface area contributed by atoms with Crippen molar-refractivity contribution in [3.05, 3.63) is 200 Å². The number of nitrogens with zero attached hydrogens (tertiary/aromatic N) is 4. The topological polar surface area (TPSA) is 43.6 Å². The van der Waals surface area contributed by atoms with Crippen LogP contribution in [0.1, 0.15) is 0 Å². The molecule has 0 N–H and O–H groups in total. The molecule has 4 nitrogen and oxygen atoms in total. The highest BCUT2D eigenvalue weighted by Gasteiger charge is 2.23. The number of rotatable bonds is 7. The lowest BCUT2D eigenvalue weighted by Crippen LogP contribution is -2.04. The molecular formula is C51H34N4S. The molecule has 0 saturated heterocycles. The van der Waals surface area contributed by atoms with E-state index >= 15 is 0 Å². The minimum atomic E-state index is 0.607. The predicted molar refractivity (Wildman–Crippen MR) is 234 cm³/mol. The lowest BCUT2D eigenvalue weighted by Gasteiger charge is -2.21. The SMILES string of the molecule is Sc1ccccc1-c1ccc2c(c1)c1ccccc1n2-c1c(-c2ccccc2)cc(-c2nc(-c3ccccc3)nc(-c3ccccc3)n2)cc1-c1ccccc1. The summed E-state index contributed by atoms with van der Waals surface area (Å²) in [6.45, 7) is 0. The molecule has 10 aromatic rings. The van der Waals surface area contributed by atoms with Gasteiger partial charge in [0.1, 0.15) is 0 Å². The summed E-state index contributed by atoms with van der Waals surface area (Å²) >= 11 is 4.82. The second-order valence-electron chi connectivity index (χ2n) is 13.8. The highest BCUT2D eigenvalue weighted by atomic mass is 32.1. The van der Waals surface area contributed by atoms with E-state index in [9.17, 15) is 0 Å². The summed E-state index contributed by atoms with van der Waals surface area (Å²) < 4.78 is 2.44. The van der Waals surface area contributed by atoms with Crippen LogP contribution in [-0.2, 0) is 0 Å². The van der Waals surface area contributed by atoms with Crippen LogP contribution in [0.3, 0.4) is 0 Å². The number of fused-ring (bicyclic) bond motifs is 3. The van der Waals surface area contributed by atoms with Crippen LogP contribution in [0.4, 0.5) is 0 Å². The van der Waals surface area contributed by atoms with Gasteiger partial charge in [0.2, 0.25) is 0 Å². The molecule has 2 aromatic heterocycles. The summed E-state index contributed by atoms with van der Waals surface area (Å²) in [7, 11) is 0. The fourth-order valence-corrected chi connectivity index (χ4v) is 8.01. The molecule has 56 heavy (non-hydrogen) atoms. The van der Waals surface area contributed by atoms with Crippen molar-refractivity contribution >= 4 is 34.4 Å². The first-order valence-corrected chi connectivity index (χ1v) is 19.1. The van der Waals surface area contributed by atoms with Crippen molar-refractivity contribution in [2.24, 2.45) is 0 Å². The van der Waals surface area contributed by atoms with Gasteiger partial charge < -0.3 is 4.57 Å². The molecule has 0 aliphatic heterocycles. The largest absolute Gasteiger partial charge is 0.308 e. The molecule has 264 valence electrons. The van der Waals surface area contributed by atoms with Crippen LogP contribution in [0.5, 0.6) is 0 Å². The maximum Gasteiger partial charge on any atom is 0.164 e. The van der Waals surface area contributed by atoms with Gasteiger partial charge in [0.25, 0.3) is 0 Å². The monoisotopic (exact) mass is 734 g/mol. The first-order valence-electron chi connectivity index (χ1n) is 18.7. The average Bonchev–Trinajstić information content (AvgIpc) is 3.60. The van der Waals surface area contributed by atoms with E-state index < -0.39 is 0 Å². The van der Waals surface area contributed by atoms with Crippen molar-refractivity contribution in [1.82, 2.24) is 19.5 Å². The van der Waals surface area contributed by atoms with Crippen molar-refractivity contribution in [2.75, 3.05) is 0 Å². The summed E-state index contributed by atoms with van der Waals surface area (Å²) in [6, 6.07) is 69.8. The number of benzene rings is 8. The molecule has 0 amide bonds. The van der Waals surface area contributed by atoms with Crippen LogP contribution in [-0.4, -0.2) is 19.5 Å². The number of hydrogen-bond donors (Lipinski definition) is 1. The molecule has 8 aromatic carbocycles. The minimum Gasteiger partial charge on any atom is -0.308 e. The van der Waals surface area contributed by atoms with Gasteiger partial charge in [0, 0.05) is 43.5 Å². The van der Waals surface area contributed by atoms with Crippen LogP contribution < -0.4 is 0 Å². The van der Waals surface area contributed by atoms with Gasteiger partial charge >= 0.3 is 0 Å². The summed E-state index contributed by atoms with van der Waals surface area (Å²) in [5.74, 6) is 1.86. The summed E-state index contributed by atoms with van der Waals surface area (Å²) in [6.07, 6.45) is 0. The molecule has 0 atom stereocenters. The number of thiol groups is 1. The number of para-hydroxylation sites is 1. The van der Waals surface area contributed by atoms with E-state index in [1.165, 1.54) is 10.8 Å². The molecule has 0 spiro atoms. The normalized spacial score (nSPS) is 11.3. The molecule has 0 radical (unpaired) electrons. The van der Waals surface area contributed by atoms with Crippen molar-refractivity contribution < 1.29 is 0 Å². The average molecular weight is 735 g/mol. The van der Waals surface area contributed by atoms with Gasteiger partial charge in [-0.2, -0.15) is 0 Å². The maximum absolute atomic E-state index is 5.17. The highest BCUT2D eigenvalue weighted by Crippen LogP contribution is 2.44. The molecule has 2 heterocycles. The van der Waals surface area contributed by atoms with Gasteiger partial charge in [0.15, 0.2) is 17.5 Å². The van der Waals surface area contributed by atoms with Crippen molar-refractivity contribution in [2.45, 2.75) is 4.90 Å². The lowest BCUT2D eigenvalue weighted by molar-refractivity contribution is 1.07. The second kappa shape index (κ2) is 14.3. The highest BCUT2D eigenvalue weighted by molar-refractivity contribution is 7.80. The second-order valence-corrected chi connectivity index (χ2v) is 14.3. The number of hydrogen-bond acceptors (Lipinski definition) is 4. The molecule has 0 saturated carbocycles. The Morgan fingerprint density at radius 1 is 0.321 bits per heavy atom. The zero-order chi connectivity index (χ0) is 37.4. The molecule has 0 fully saturated rings. The fraction of sp³-hybridized carbons (Fsp3) is 0. The van der Waals surface area contributed by atoms with Crippen LogP contribution in [0.2, 0.25) is 0 Å². The smallest absolute Gasteiger partial charge is 0.164 e. The van der Waals surface area contributed by atoms with E-state index in [4.69, 9.17) is 27.6 Å². The Bertz CT molecular complexity index is 2900. The zero-order valence-electron chi connectivity index (χ0n) is 30.3. The molecular weight excluding hydrogens is 701 g/mol. The molecule has 10 rings (SSSR count). The third-order valence-electron chi connectivity index (χ3n) is 10.3. The fourth-order valence-electron chi connectivity index (χ4n) is 7.72. The summed E-state index contributed by atoms with van der Waals surface area (Å²) in [5, 5.41) is 2.36. The molecule has 0 aliphatic rings. The quantitative estimate of drug-likeness (QED) is 0.166. The van der Waals surface area contributed by atoms with Gasteiger partial charge in [-0.25, -0.2) is 15.0 Å². The van der Waals surface area contributed by atoms with Gasteiger partial charge in [-0.1, -0.05) is 164 Å². The van der Waals surface area contributed by atoms with Crippen molar-refractivity contribution in [1.29, 1.82) is 0 Å². The van der Waals surface area contributed by atoms with E-state index in [2.05, 4.69) is 132 Å². The maximum atomic E-state index is 5.17. The zero-order valence-corrected chi connectivity index (χ0v) is 31.2. The van der Waals surface area contributed by atoms with Crippen molar-refractivity contribution in [3.8, 4) is 73.2 Å².